The van der Waals surface area contributed by atoms with Crippen LogP contribution in [0.1, 0.15) is 31.4 Å². The van der Waals surface area contributed by atoms with Gasteiger partial charge in [-0.25, -0.2) is 4.98 Å². The molecule has 3 rings (SSSR count). The SMILES string of the molecule is Cc1cccc(N2CCN([C@H]3CCCC[C@@H]3O)CC2)n1. The van der Waals surface area contributed by atoms with Gasteiger partial charge < -0.3 is 10.0 Å². The van der Waals surface area contributed by atoms with E-state index in [4.69, 9.17) is 0 Å². The first kappa shape index (κ1) is 13.8. The Labute approximate surface area is 121 Å². The molecule has 1 aliphatic heterocycles. The lowest BCUT2D eigenvalue weighted by atomic mass is 9.91. The van der Waals surface area contributed by atoms with Crippen molar-refractivity contribution in [3.8, 4) is 0 Å². The summed E-state index contributed by atoms with van der Waals surface area (Å²) in [5.74, 6) is 1.09. The summed E-state index contributed by atoms with van der Waals surface area (Å²) < 4.78 is 0. The fourth-order valence-electron chi connectivity index (χ4n) is 3.51. The van der Waals surface area contributed by atoms with Crippen LogP contribution < -0.4 is 4.90 Å². The minimum absolute atomic E-state index is 0.118. The summed E-state index contributed by atoms with van der Waals surface area (Å²) in [4.78, 5) is 9.45. The maximum atomic E-state index is 10.2. The first-order chi connectivity index (χ1) is 9.74. The van der Waals surface area contributed by atoms with E-state index in [0.717, 1.165) is 50.5 Å². The molecule has 1 saturated heterocycles. The van der Waals surface area contributed by atoms with E-state index in [1.165, 1.54) is 12.8 Å². The van der Waals surface area contributed by atoms with Gasteiger partial charge in [0.1, 0.15) is 5.82 Å². The normalized spacial score (nSPS) is 28.6. The average molecular weight is 275 g/mol. The van der Waals surface area contributed by atoms with Crippen LogP contribution in [-0.2, 0) is 0 Å². The molecule has 1 aliphatic carbocycles. The lowest BCUT2D eigenvalue weighted by molar-refractivity contribution is 0.0172. The molecule has 1 saturated carbocycles. The van der Waals surface area contributed by atoms with Crippen LogP contribution in [0.15, 0.2) is 18.2 Å². The minimum Gasteiger partial charge on any atom is -0.391 e. The summed E-state index contributed by atoms with van der Waals surface area (Å²) in [6.07, 6.45) is 4.47. The molecule has 2 fully saturated rings. The van der Waals surface area contributed by atoms with Gasteiger partial charge in [0.25, 0.3) is 0 Å². The number of aryl methyl sites for hydroxylation is 1. The average Bonchev–Trinajstić information content (AvgIpc) is 2.48. The predicted octanol–water partition coefficient (Wildman–Crippen LogP) is 1.82. The number of pyridine rings is 1. The Morgan fingerprint density at radius 1 is 1.10 bits per heavy atom. The van der Waals surface area contributed by atoms with Crippen LogP contribution in [0.2, 0.25) is 0 Å². The quantitative estimate of drug-likeness (QED) is 0.893. The smallest absolute Gasteiger partial charge is 0.128 e. The molecule has 0 spiro atoms. The zero-order chi connectivity index (χ0) is 13.9. The van der Waals surface area contributed by atoms with Crippen molar-refractivity contribution in [2.75, 3.05) is 31.1 Å². The second kappa shape index (κ2) is 6.10. The topological polar surface area (TPSA) is 39.6 Å². The molecule has 1 aromatic rings. The van der Waals surface area contributed by atoms with Crippen molar-refractivity contribution < 1.29 is 5.11 Å². The highest BCUT2D eigenvalue weighted by atomic mass is 16.3. The Morgan fingerprint density at radius 3 is 2.55 bits per heavy atom. The summed E-state index contributed by atoms with van der Waals surface area (Å²) in [7, 11) is 0. The fraction of sp³-hybridized carbons (Fsp3) is 0.688. The Kier molecular flexibility index (Phi) is 4.22. The molecule has 0 amide bonds. The first-order valence-electron chi connectivity index (χ1n) is 7.85. The summed E-state index contributed by atoms with van der Waals surface area (Å²) in [5, 5.41) is 10.2. The number of anilines is 1. The summed E-state index contributed by atoms with van der Waals surface area (Å²) in [5.41, 5.74) is 1.08. The molecular formula is C16H25N3O. The number of rotatable bonds is 2. The zero-order valence-electron chi connectivity index (χ0n) is 12.3. The van der Waals surface area contributed by atoms with Crippen LogP contribution in [-0.4, -0.2) is 53.3 Å². The number of aromatic nitrogens is 1. The number of hydrogen-bond donors (Lipinski definition) is 1. The van der Waals surface area contributed by atoms with E-state index in [1.807, 2.05) is 13.0 Å². The summed E-state index contributed by atoms with van der Waals surface area (Å²) in [6, 6.07) is 6.60. The number of piperazine rings is 1. The lowest BCUT2D eigenvalue weighted by Crippen LogP contribution is -2.54. The van der Waals surface area contributed by atoms with Gasteiger partial charge in [0.15, 0.2) is 0 Å². The third-order valence-electron chi connectivity index (χ3n) is 4.67. The zero-order valence-corrected chi connectivity index (χ0v) is 12.3. The molecule has 0 radical (unpaired) electrons. The van der Waals surface area contributed by atoms with Gasteiger partial charge in [-0.15, -0.1) is 0 Å². The van der Waals surface area contributed by atoms with E-state index in [0.29, 0.717) is 6.04 Å². The van der Waals surface area contributed by atoms with Crippen LogP contribution in [0.3, 0.4) is 0 Å². The van der Waals surface area contributed by atoms with Gasteiger partial charge in [0.05, 0.1) is 6.10 Å². The summed E-state index contributed by atoms with van der Waals surface area (Å²) in [6.45, 7) is 6.15. The van der Waals surface area contributed by atoms with Crippen molar-refractivity contribution in [1.29, 1.82) is 0 Å². The number of aliphatic hydroxyl groups is 1. The van der Waals surface area contributed by atoms with Crippen molar-refractivity contribution in [2.45, 2.75) is 44.8 Å². The van der Waals surface area contributed by atoms with E-state index in [-0.39, 0.29) is 6.10 Å². The highest BCUT2D eigenvalue weighted by Crippen LogP contribution is 2.25. The number of nitrogens with zero attached hydrogens (tertiary/aromatic N) is 3. The van der Waals surface area contributed by atoms with Gasteiger partial charge in [0, 0.05) is 37.9 Å². The Morgan fingerprint density at radius 2 is 1.85 bits per heavy atom. The fourth-order valence-corrected chi connectivity index (χ4v) is 3.51. The molecule has 0 unspecified atom stereocenters. The standard InChI is InChI=1S/C16H25N3O/c1-13-5-4-8-16(17-13)19-11-9-18(10-12-19)14-6-2-3-7-15(14)20/h4-5,8,14-15,20H,2-3,6-7,9-12H2,1H3/t14-,15-/m0/s1. The Hall–Kier alpha value is -1.13. The van der Waals surface area contributed by atoms with Gasteiger partial charge >= 0.3 is 0 Å². The van der Waals surface area contributed by atoms with Gasteiger partial charge in [-0.05, 0) is 31.9 Å². The molecule has 2 aliphatic rings. The molecule has 2 atom stereocenters. The lowest BCUT2D eigenvalue weighted by Gasteiger charge is -2.43. The molecule has 1 aromatic heterocycles. The molecule has 4 nitrogen and oxygen atoms in total. The Bertz CT molecular complexity index is 443. The molecule has 110 valence electrons. The first-order valence-corrected chi connectivity index (χ1v) is 7.85. The van der Waals surface area contributed by atoms with Crippen LogP contribution >= 0.6 is 0 Å². The van der Waals surface area contributed by atoms with Crippen LogP contribution in [0.5, 0.6) is 0 Å². The van der Waals surface area contributed by atoms with Gasteiger partial charge in [-0.1, -0.05) is 18.9 Å². The maximum Gasteiger partial charge on any atom is 0.128 e. The van der Waals surface area contributed by atoms with Crippen molar-refractivity contribution in [3.63, 3.8) is 0 Å². The van der Waals surface area contributed by atoms with Crippen molar-refractivity contribution in [3.05, 3.63) is 23.9 Å². The largest absolute Gasteiger partial charge is 0.391 e. The van der Waals surface area contributed by atoms with E-state index in [1.54, 1.807) is 0 Å². The van der Waals surface area contributed by atoms with E-state index in [2.05, 4.69) is 26.9 Å². The highest BCUT2D eigenvalue weighted by molar-refractivity contribution is 5.39. The van der Waals surface area contributed by atoms with Gasteiger partial charge in [-0.3, -0.25) is 4.90 Å². The van der Waals surface area contributed by atoms with Gasteiger partial charge in [-0.2, -0.15) is 0 Å². The van der Waals surface area contributed by atoms with E-state index in [9.17, 15) is 5.11 Å². The second-order valence-corrected chi connectivity index (χ2v) is 6.08. The molecule has 0 aromatic carbocycles. The molecule has 0 bridgehead atoms. The molecular weight excluding hydrogens is 250 g/mol. The monoisotopic (exact) mass is 275 g/mol. The Balaban J connectivity index is 1.59. The third kappa shape index (κ3) is 2.96. The summed E-state index contributed by atoms with van der Waals surface area (Å²) >= 11 is 0. The van der Waals surface area contributed by atoms with E-state index >= 15 is 0 Å². The molecule has 2 heterocycles. The van der Waals surface area contributed by atoms with Gasteiger partial charge in [0.2, 0.25) is 0 Å². The predicted molar refractivity (Wildman–Crippen MR) is 81.0 cm³/mol. The van der Waals surface area contributed by atoms with Crippen molar-refractivity contribution >= 4 is 5.82 Å². The second-order valence-electron chi connectivity index (χ2n) is 6.08. The molecule has 20 heavy (non-hydrogen) atoms. The molecule has 4 heteroatoms. The number of aliphatic hydroxyl groups excluding tert-OH is 1. The third-order valence-corrected chi connectivity index (χ3v) is 4.67. The highest BCUT2D eigenvalue weighted by Gasteiger charge is 2.30. The van der Waals surface area contributed by atoms with Crippen molar-refractivity contribution in [1.82, 2.24) is 9.88 Å². The van der Waals surface area contributed by atoms with Crippen LogP contribution in [0.25, 0.3) is 0 Å². The number of hydrogen-bond acceptors (Lipinski definition) is 4. The van der Waals surface area contributed by atoms with E-state index < -0.39 is 0 Å². The minimum atomic E-state index is -0.118. The van der Waals surface area contributed by atoms with Crippen molar-refractivity contribution in [2.24, 2.45) is 0 Å². The molecule has 1 N–H and O–H groups in total. The maximum absolute atomic E-state index is 10.2. The van der Waals surface area contributed by atoms with Crippen LogP contribution in [0.4, 0.5) is 5.82 Å². The van der Waals surface area contributed by atoms with Crippen LogP contribution in [0, 0.1) is 6.92 Å².